The van der Waals surface area contributed by atoms with Crippen molar-refractivity contribution in [3.05, 3.63) is 95.0 Å². The van der Waals surface area contributed by atoms with Crippen LogP contribution in [-0.4, -0.2) is 34.2 Å². The summed E-state index contributed by atoms with van der Waals surface area (Å²) in [5, 5.41) is 13.7. The highest BCUT2D eigenvalue weighted by atomic mass is 32.2. The SMILES string of the molecule is CCc1nc2cccc(C(=O)O)c2n1Cc1ccc(-c2ccccc2)c(S(=O)(=O)Nc2noc(C)c2C)c1. The fourth-order valence-electron chi connectivity index (χ4n) is 4.47. The van der Waals surface area contributed by atoms with Crippen LogP contribution in [0.1, 0.15) is 40.0 Å². The summed E-state index contributed by atoms with van der Waals surface area (Å²) in [4.78, 5) is 16.7. The first kappa shape index (κ1) is 25.2. The Morgan fingerprint density at radius 2 is 1.82 bits per heavy atom. The number of sulfonamides is 1. The van der Waals surface area contributed by atoms with E-state index in [1.807, 2.05) is 47.9 Å². The molecule has 0 aliphatic heterocycles. The second kappa shape index (κ2) is 9.79. The number of hydrogen-bond donors (Lipinski definition) is 2. The number of aromatic carboxylic acids is 1. The van der Waals surface area contributed by atoms with Crippen LogP contribution < -0.4 is 4.72 Å². The Kier molecular flexibility index (Phi) is 6.50. The molecule has 0 fully saturated rings. The summed E-state index contributed by atoms with van der Waals surface area (Å²) < 4.78 is 37.0. The van der Waals surface area contributed by atoms with Crippen LogP contribution in [0.2, 0.25) is 0 Å². The van der Waals surface area contributed by atoms with Gasteiger partial charge in [0.1, 0.15) is 11.6 Å². The molecule has 0 saturated carbocycles. The molecule has 5 aromatic rings. The summed E-state index contributed by atoms with van der Waals surface area (Å²) in [7, 11) is -4.07. The number of rotatable bonds is 8. The van der Waals surface area contributed by atoms with Crippen LogP contribution in [0.4, 0.5) is 5.82 Å². The lowest BCUT2D eigenvalue weighted by Crippen LogP contribution is -2.16. The second-order valence-electron chi connectivity index (χ2n) is 8.96. The van der Waals surface area contributed by atoms with Crippen molar-refractivity contribution in [2.24, 2.45) is 0 Å². The topological polar surface area (TPSA) is 127 Å². The van der Waals surface area contributed by atoms with Gasteiger partial charge in [-0.05, 0) is 43.2 Å². The number of imidazole rings is 1. The minimum absolute atomic E-state index is 0.0715. The molecule has 2 heterocycles. The lowest BCUT2D eigenvalue weighted by atomic mass is 10.0. The van der Waals surface area contributed by atoms with Crippen molar-refractivity contribution >= 4 is 32.8 Å². The smallest absolute Gasteiger partial charge is 0.337 e. The molecule has 194 valence electrons. The number of para-hydroxylation sites is 1. The van der Waals surface area contributed by atoms with E-state index in [0.29, 0.717) is 45.7 Å². The van der Waals surface area contributed by atoms with Crippen LogP contribution in [0.25, 0.3) is 22.2 Å². The Hall–Kier alpha value is -4.44. The number of aryl methyl sites for hydroxylation is 2. The zero-order valence-corrected chi connectivity index (χ0v) is 21.9. The number of nitrogens with zero attached hydrogens (tertiary/aromatic N) is 3. The van der Waals surface area contributed by atoms with Gasteiger partial charge in [0.05, 0.1) is 21.5 Å². The zero-order chi connectivity index (χ0) is 27.0. The molecule has 0 atom stereocenters. The fourth-order valence-corrected chi connectivity index (χ4v) is 5.80. The lowest BCUT2D eigenvalue weighted by molar-refractivity contribution is 0.0698. The van der Waals surface area contributed by atoms with E-state index in [4.69, 9.17) is 4.52 Å². The van der Waals surface area contributed by atoms with E-state index in [1.165, 1.54) is 0 Å². The molecule has 2 aromatic heterocycles. The van der Waals surface area contributed by atoms with Crippen LogP contribution in [0, 0.1) is 13.8 Å². The largest absolute Gasteiger partial charge is 0.478 e. The van der Waals surface area contributed by atoms with E-state index in [-0.39, 0.29) is 22.8 Å². The molecule has 0 aliphatic rings. The van der Waals surface area contributed by atoms with E-state index in [9.17, 15) is 18.3 Å². The molecule has 0 aliphatic carbocycles. The molecular weight excluding hydrogens is 504 g/mol. The van der Waals surface area contributed by atoms with Gasteiger partial charge in [0.25, 0.3) is 10.0 Å². The molecule has 0 unspecified atom stereocenters. The molecule has 0 bridgehead atoms. The number of hydrogen-bond acceptors (Lipinski definition) is 6. The Balaban J connectivity index is 1.65. The molecule has 9 nitrogen and oxygen atoms in total. The van der Waals surface area contributed by atoms with Gasteiger partial charge in [0, 0.05) is 24.1 Å². The number of aromatic nitrogens is 3. The summed E-state index contributed by atoms with van der Waals surface area (Å²) in [6.07, 6.45) is 0.577. The Morgan fingerprint density at radius 1 is 1.05 bits per heavy atom. The maximum absolute atomic E-state index is 13.7. The highest BCUT2D eigenvalue weighted by Gasteiger charge is 2.24. The predicted octanol–water partition coefficient (Wildman–Crippen LogP) is 5.42. The average Bonchev–Trinajstić information content (AvgIpc) is 3.43. The van der Waals surface area contributed by atoms with Gasteiger partial charge in [-0.2, -0.15) is 0 Å². The van der Waals surface area contributed by atoms with E-state index >= 15 is 0 Å². The van der Waals surface area contributed by atoms with Crippen molar-refractivity contribution in [1.82, 2.24) is 14.7 Å². The van der Waals surface area contributed by atoms with Crippen molar-refractivity contribution in [2.75, 3.05) is 4.72 Å². The van der Waals surface area contributed by atoms with Crippen LogP contribution in [0.15, 0.2) is 76.1 Å². The third kappa shape index (κ3) is 4.54. The number of benzene rings is 3. The van der Waals surface area contributed by atoms with Crippen molar-refractivity contribution in [3.63, 3.8) is 0 Å². The highest BCUT2D eigenvalue weighted by Crippen LogP contribution is 2.32. The average molecular weight is 531 g/mol. The third-order valence-electron chi connectivity index (χ3n) is 6.54. The summed E-state index contributed by atoms with van der Waals surface area (Å²) in [5.41, 5.74) is 3.76. The van der Waals surface area contributed by atoms with E-state index in [2.05, 4.69) is 14.9 Å². The van der Waals surface area contributed by atoms with Gasteiger partial charge in [-0.3, -0.25) is 4.72 Å². The Bertz CT molecular complexity index is 1770. The monoisotopic (exact) mass is 530 g/mol. The minimum Gasteiger partial charge on any atom is -0.478 e. The molecule has 0 saturated heterocycles. The molecule has 3 aromatic carbocycles. The highest BCUT2D eigenvalue weighted by molar-refractivity contribution is 7.92. The Labute approximate surface area is 219 Å². The van der Waals surface area contributed by atoms with Crippen molar-refractivity contribution in [3.8, 4) is 11.1 Å². The molecule has 5 rings (SSSR count). The van der Waals surface area contributed by atoms with Crippen LogP contribution >= 0.6 is 0 Å². The van der Waals surface area contributed by atoms with Gasteiger partial charge < -0.3 is 14.2 Å². The summed E-state index contributed by atoms with van der Waals surface area (Å²) >= 11 is 0. The first-order valence-corrected chi connectivity index (χ1v) is 13.5. The number of anilines is 1. The van der Waals surface area contributed by atoms with Crippen LogP contribution in [-0.2, 0) is 23.0 Å². The van der Waals surface area contributed by atoms with E-state index in [1.54, 1.807) is 44.2 Å². The summed E-state index contributed by atoms with van der Waals surface area (Å²) in [5.74, 6) is 0.307. The van der Waals surface area contributed by atoms with Gasteiger partial charge in [0.2, 0.25) is 0 Å². The third-order valence-corrected chi connectivity index (χ3v) is 7.92. The Morgan fingerprint density at radius 3 is 2.47 bits per heavy atom. The summed E-state index contributed by atoms with van der Waals surface area (Å²) in [6, 6.07) is 19.5. The maximum atomic E-state index is 13.7. The normalized spacial score (nSPS) is 11.7. The van der Waals surface area contributed by atoms with Crippen LogP contribution in [0.3, 0.4) is 0 Å². The molecule has 0 radical (unpaired) electrons. The first-order chi connectivity index (χ1) is 18.2. The molecule has 10 heteroatoms. The molecule has 0 spiro atoms. The van der Waals surface area contributed by atoms with E-state index < -0.39 is 16.0 Å². The number of fused-ring (bicyclic) bond motifs is 1. The number of carboxylic acid groups (broad SMARTS) is 1. The van der Waals surface area contributed by atoms with Gasteiger partial charge in [-0.25, -0.2) is 18.2 Å². The second-order valence-corrected chi connectivity index (χ2v) is 10.6. The lowest BCUT2D eigenvalue weighted by Gasteiger charge is -2.15. The quantitative estimate of drug-likeness (QED) is 0.274. The molecular formula is C28H26N4O5S. The van der Waals surface area contributed by atoms with Gasteiger partial charge in [-0.1, -0.05) is 60.6 Å². The molecule has 0 amide bonds. The maximum Gasteiger partial charge on any atom is 0.337 e. The molecule has 38 heavy (non-hydrogen) atoms. The van der Waals surface area contributed by atoms with Gasteiger partial charge in [0.15, 0.2) is 5.82 Å². The fraction of sp³-hybridized carbons (Fsp3) is 0.179. The van der Waals surface area contributed by atoms with Crippen molar-refractivity contribution in [2.45, 2.75) is 38.6 Å². The van der Waals surface area contributed by atoms with Crippen molar-refractivity contribution < 1.29 is 22.8 Å². The minimum atomic E-state index is -4.07. The van der Waals surface area contributed by atoms with E-state index in [0.717, 1.165) is 5.56 Å². The van der Waals surface area contributed by atoms with Crippen LogP contribution in [0.5, 0.6) is 0 Å². The van der Waals surface area contributed by atoms with Gasteiger partial charge in [-0.15, -0.1) is 0 Å². The predicted molar refractivity (Wildman–Crippen MR) is 144 cm³/mol. The number of nitrogens with one attached hydrogen (secondary N) is 1. The standard InChI is InChI=1S/C28H26N4O5S/c1-4-25-29-23-12-8-11-22(28(33)34)26(23)32(25)16-19-13-14-21(20-9-6-5-7-10-20)24(15-19)38(35,36)31-27-17(2)18(3)37-30-27/h5-15H,4,16H2,1-3H3,(H,30,31)(H,33,34). The molecule has 2 N–H and O–H groups in total. The van der Waals surface area contributed by atoms with Crippen molar-refractivity contribution in [1.29, 1.82) is 0 Å². The summed E-state index contributed by atoms with van der Waals surface area (Å²) in [6.45, 7) is 5.62. The number of carboxylic acids is 1. The van der Waals surface area contributed by atoms with Gasteiger partial charge >= 0.3 is 5.97 Å². The first-order valence-electron chi connectivity index (χ1n) is 12.0. The zero-order valence-electron chi connectivity index (χ0n) is 21.1. The number of carbonyl (C=O) groups is 1.